The first-order valence-corrected chi connectivity index (χ1v) is 13.6. The summed E-state index contributed by atoms with van der Waals surface area (Å²) >= 11 is 0. The molecule has 2 spiro atoms. The first kappa shape index (κ1) is 23.1. The Balaban J connectivity index is 1.42. The van der Waals surface area contributed by atoms with Gasteiger partial charge in [0.05, 0.1) is 6.10 Å². The summed E-state index contributed by atoms with van der Waals surface area (Å²) in [5, 5.41) is 10.4. The molecule has 4 aliphatic carbocycles. The maximum Gasteiger partial charge on any atom is 0.147 e. The average molecular weight is 443 g/mol. The van der Waals surface area contributed by atoms with Gasteiger partial charge in [-0.2, -0.15) is 0 Å². The van der Waals surface area contributed by atoms with E-state index in [0.717, 1.165) is 42.9 Å². The van der Waals surface area contributed by atoms with Gasteiger partial charge >= 0.3 is 0 Å². The molecular weight excluding hydrogens is 396 g/mol. The maximum absolute atomic E-state index is 10.4. The van der Waals surface area contributed by atoms with Crippen LogP contribution in [0.3, 0.4) is 0 Å². The molecule has 0 aromatic heterocycles. The Labute approximate surface area is 195 Å². The fraction of sp³-hybridized carbons (Fsp3) is 0.862. The molecule has 6 rings (SSSR count). The topological polar surface area (TPSA) is 38.7 Å². The monoisotopic (exact) mass is 442 g/mol. The Morgan fingerprint density at radius 3 is 2.50 bits per heavy atom. The van der Waals surface area contributed by atoms with Gasteiger partial charge in [-0.05, 0) is 85.3 Å². The molecule has 2 heterocycles. The van der Waals surface area contributed by atoms with E-state index >= 15 is 0 Å². The molecule has 0 amide bonds. The third-order valence-corrected chi connectivity index (χ3v) is 11.2. The molecule has 6 aliphatic rings. The zero-order valence-corrected chi connectivity index (χ0v) is 21.3. The van der Waals surface area contributed by atoms with Crippen LogP contribution in [-0.2, 0) is 9.78 Å². The lowest BCUT2D eigenvalue weighted by Gasteiger charge is -2.66. The van der Waals surface area contributed by atoms with Gasteiger partial charge in [0.15, 0.2) is 0 Å². The average Bonchev–Trinajstić information content (AvgIpc) is 3.12. The number of hydrogen-bond donors (Lipinski definition) is 1. The van der Waals surface area contributed by atoms with Crippen molar-refractivity contribution in [3.63, 3.8) is 0 Å². The molecule has 1 saturated heterocycles. The Morgan fingerprint density at radius 2 is 1.84 bits per heavy atom. The molecule has 0 aromatic rings. The van der Waals surface area contributed by atoms with Crippen LogP contribution < -0.4 is 0 Å². The van der Waals surface area contributed by atoms with Crippen molar-refractivity contribution in [1.82, 2.24) is 0 Å². The van der Waals surface area contributed by atoms with Crippen LogP contribution in [0.25, 0.3) is 0 Å². The number of hydrogen-bond acceptors (Lipinski definition) is 3. The highest BCUT2D eigenvalue weighted by atomic mass is 17.2. The number of rotatable bonds is 6. The fourth-order valence-corrected chi connectivity index (χ4v) is 9.06. The van der Waals surface area contributed by atoms with Crippen LogP contribution in [0.4, 0.5) is 0 Å². The Hall–Kier alpha value is -0.640. The quantitative estimate of drug-likeness (QED) is 0.355. The molecule has 0 radical (unpaired) electrons. The summed E-state index contributed by atoms with van der Waals surface area (Å²) in [7, 11) is 0. The van der Waals surface area contributed by atoms with Crippen LogP contribution in [-0.4, -0.2) is 22.4 Å². The van der Waals surface area contributed by atoms with Gasteiger partial charge in [0, 0.05) is 17.8 Å². The van der Waals surface area contributed by atoms with E-state index in [9.17, 15) is 5.11 Å². The van der Waals surface area contributed by atoms with E-state index in [-0.39, 0.29) is 16.9 Å². The molecule has 1 N–H and O–H groups in total. The molecule has 2 aliphatic heterocycles. The van der Waals surface area contributed by atoms with Crippen molar-refractivity contribution in [3.8, 4) is 0 Å². The van der Waals surface area contributed by atoms with Crippen LogP contribution in [0.2, 0.25) is 0 Å². The number of aliphatic hydroxyl groups is 1. The van der Waals surface area contributed by atoms with Gasteiger partial charge in [-0.25, -0.2) is 9.78 Å². The standard InChI is InChI=1S/C29H46O3/c1-7-21(19(2)3)9-8-20(4)23-10-11-24-26(23,5)14-13-25-27(6)15-12-22(30)18-28(27)16-17-29(24,25)32-31-28/h13,16-17,19-24,30H,7-12,14-15,18H2,1-6H3. The first-order valence-electron chi connectivity index (χ1n) is 13.6. The van der Waals surface area contributed by atoms with E-state index in [1.54, 1.807) is 0 Å². The van der Waals surface area contributed by atoms with Crippen LogP contribution in [0.5, 0.6) is 0 Å². The van der Waals surface area contributed by atoms with Crippen molar-refractivity contribution in [3.05, 3.63) is 23.8 Å². The van der Waals surface area contributed by atoms with Crippen molar-refractivity contribution in [2.75, 3.05) is 0 Å². The second kappa shape index (κ2) is 7.68. The second-order valence-corrected chi connectivity index (χ2v) is 12.9. The van der Waals surface area contributed by atoms with Crippen LogP contribution in [0, 0.1) is 40.4 Å². The molecule has 3 fully saturated rings. The van der Waals surface area contributed by atoms with Gasteiger partial charge in [-0.3, -0.25) is 0 Å². The minimum absolute atomic E-state index is 0.0596. The Bertz CT molecular complexity index is 800. The number of allylic oxidation sites excluding steroid dienone is 1. The first-order chi connectivity index (χ1) is 15.1. The van der Waals surface area contributed by atoms with Gasteiger partial charge in [0.25, 0.3) is 0 Å². The summed E-state index contributed by atoms with van der Waals surface area (Å²) in [6.07, 6.45) is 17.1. The Kier molecular flexibility index (Phi) is 5.55. The second-order valence-electron chi connectivity index (χ2n) is 12.9. The predicted octanol–water partition coefficient (Wildman–Crippen LogP) is 7.01. The molecule has 0 aromatic carbocycles. The number of fused-ring (bicyclic) bond motifs is 2. The summed E-state index contributed by atoms with van der Waals surface area (Å²) in [5.41, 5.74) is 0.772. The smallest absolute Gasteiger partial charge is 0.147 e. The third kappa shape index (κ3) is 2.96. The zero-order valence-electron chi connectivity index (χ0n) is 21.3. The molecule has 2 saturated carbocycles. The van der Waals surface area contributed by atoms with E-state index in [0.29, 0.717) is 12.3 Å². The van der Waals surface area contributed by atoms with E-state index < -0.39 is 11.2 Å². The maximum atomic E-state index is 10.4. The van der Waals surface area contributed by atoms with E-state index in [1.165, 1.54) is 37.7 Å². The number of aliphatic hydroxyl groups excluding tert-OH is 1. The lowest BCUT2D eigenvalue weighted by molar-refractivity contribution is -0.455. The summed E-state index contributed by atoms with van der Waals surface area (Å²) in [4.78, 5) is 12.7. The highest BCUT2D eigenvalue weighted by Crippen LogP contribution is 2.71. The molecule has 3 heteroatoms. The summed E-state index contributed by atoms with van der Waals surface area (Å²) in [6.45, 7) is 14.6. The molecule has 9 unspecified atom stereocenters. The zero-order chi connectivity index (χ0) is 22.9. The van der Waals surface area contributed by atoms with Gasteiger partial charge in [-0.1, -0.05) is 60.5 Å². The molecular formula is C29H46O3. The SMILES string of the molecule is CCC(CCC(C)C1CCC2C34C=CC5(CC(O)CCC5(C)C3=CCC12C)OO4)C(C)C. The highest BCUT2D eigenvalue weighted by molar-refractivity contribution is 5.48. The van der Waals surface area contributed by atoms with E-state index in [2.05, 4.69) is 59.8 Å². The minimum Gasteiger partial charge on any atom is -0.393 e. The van der Waals surface area contributed by atoms with Crippen molar-refractivity contribution in [1.29, 1.82) is 0 Å². The predicted molar refractivity (Wildman–Crippen MR) is 129 cm³/mol. The Morgan fingerprint density at radius 1 is 1.06 bits per heavy atom. The van der Waals surface area contributed by atoms with Crippen molar-refractivity contribution in [2.45, 2.75) is 117 Å². The van der Waals surface area contributed by atoms with Crippen LogP contribution >= 0.6 is 0 Å². The van der Waals surface area contributed by atoms with E-state index in [1.807, 2.05) is 0 Å². The molecule has 3 nitrogen and oxygen atoms in total. The van der Waals surface area contributed by atoms with Gasteiger partial charge < -0.3 is 5.11 Å². The van der Waals surface area contributed by atoms with Gasteiger partial charge in [0.2, 0.25) is 0 Å². The van der Waals surface area contributed by atoms with Crippen molar-refractivity contribution < 1.29 is 14.9 Å². The molecule has 32 heavy (non-hydrogen) atoms. The summed E-state index contributed by atoms with van der Waals surface area (Å²) < 4.78 is 0. The van der Waals surface area contributed by atoms with Crippen LogP contribution in [0.1, 0.15) is 99.3 Å². The summed E-state index contributed by atoms with van der Waals surface area (Å²) in [5.74, 6) is 3.61. The summed E-state index contributed by atoms with van der Waals surface area (Å²) in [6, 6.07) is 0. The van der Waals surface area contributed by atoms with Crippen LogP contribution in [0.15, 0.2) is 23.8 Å². The fourth-order valence-electron chi connectivity index (χ4n) is 9.06. The highest BCUT2D eigenvalue weighted by Gasteiger charge is 2.71. The molecule has 180 valence electrons. The van der Waals surface area contributed by atoms with Gasteiger partial charge in [-0.15, -0.1) is 0 Å². The van der Waals surface area contributed by atoms with E-state index in [4.69, 9.17) is 9.78 Å². The molecule has 9 atom stereocenters. The largest absolute Gasteiger partial charge is 0.393 e. The minimum atomic E-state index is -0.497. The van der Waals surface area contributed by atoms with Crippen molar-refractivity contribution in [2.24, 2.45) is 40.4 Å². The van der Waals surface area contributed by atoms with Gasteiger partial charge in [0.1, 0.15) is 11.2 Å². The lowest BCUT2D eigenvalue weighted by Crippen LogP contribution is -2.69. The molecule has 2 bridgehead atoms. The normalized spacial score (nSPS) is 48.8. The lowest BCUT2D eigenvalue weighted by atomic mass is 9.46. The van der Waals surface area contributed by atoms with Crippen molar-refractivity contribution >= 4 is 0 Å². The third-order valence-electron chi connectivity index (χ3n) is 11.2.